The van der Waals surface area contributed by atoms with Gasteiger partial charge in [-0.1, -0.05) is 18.2 Å². The van der Waals surface area contributed by atoms with Crippen LogP contribution >= 0.6 is 0 Å². The maximum Gasteiger partial charge on any atom is 0.300 e. The lowest BCUT2D eigenvalue weighted by Crippen LogP contribution is -2.29. The van der Waals surface area contributed by atoms with Crippen molar-refractivity contribution in [2.24, 2.45) is 0 Å². The smallest absolute Gasteiger partial charge is 0.300 e. The van der Waals surface area contributed by atoms with Crippen molar-refractivity contribution in [1.82, 2.24) is 0 Å². The van der Waals surface area contributed by atoms with Gasteiger partial charge in [-0.15, -0.1) is 0 Å². The van der Waals surface area contributed by atoms with E-state index in [-0.39, 0.29) is 11.3 Å². The molecule has 3 aromatic carbocycles. The first-order valence-corrected chi connectivity index (χ1v) is 13.9. The summed E-state index contributed by atoms with van der Waals surface area (Å²) in [5, 5.41) is 11.7. The molecule has 0 saturated carbocycles. The minimum Gasteiger partial charge on any atom is -0.507 e. The number of aliphatic hydroxyl groups is 1. The number of carbonyl (C=O) groups is 2. The molecule has 1 aliphatic heterocycles. The van der Waals surface area contributed by atoms with Crippen LogP contribution in [0.25, 0.3) is 5.76 Å². The second-order valence-corrected chi connectivity index (χ2v) is 9.80. The molecule has 1 amide bonds. The van der Waals surface area contributed by atoms with E-state index in [9.17, 15) is 14.7 Å². The highest BCUT2D eigenvalue weighted by atomic mass is 16.5. The van der Waals surface area contributed by atoms with E-state index in [4.69, 9.17) is 9.47 Å². The lowest BCUT2D eigenvalue weighted by atomic mass is 9.94. The van der Waals surface area contributed by atoms with Crippen molar-refractivity contribution in [3.05, 3.63) is 88.5 Å². The fraction of sp³-hybridized carbons (Fsp3) is 0.333. The molecular weight excluding hydrogens is 504 g/mol. The predicted molar refractivity (Wildman–Crippen MR) is 159 cm³/mol. The number of rotatable bonds is 10. The number of benzene rings is 3. The highest BCUT2D eigenvalue weighted by Crippen LogP contribution is 2.44. The average Bonchev–Trinajstić information content (AvgIpc) is 3.19. The zero-order valence-electron chi connectivity index (χ0n) is 24.2. The summed E-state index contributed by atoms with van der Waals surface area (Å²) < 4.78 is 11.4. The van der Waals surface area contributed by atoms with Crippen LogP contribution in [0.4, 0.5) is 11.4 Å². The molecule has 1 fully saturated rings. The Bertz CT molecular complexity index is 1400. The number of ether oxygens (including phenoxy) is 2. The minimum absolute atomic E-state index is 0.0184. The quantitative estimate of drug-likeness (QED) is 0.177. The van der Waals surface area contributed by atoms with Crippen LogP contribution in [-0.4, -0.2) is 43.1 Å². The molecule has 0 aromatic heterocycles. The number of nitrogens with zero attached hydrogens (tertiary/aromatic N) is 2. The molecule has 4 rings (SSSR count). The largest absolute Gasteiger partial charge is 0.507 e. The van der Waals surface area contributed by atoms with Gasteiger partial charge in [0.05, 0.1) is 30.4 Å². The Balaban J connectivity index is 1.94. The van der Waals surface area contributed by atoms with Gasteiger partial charge < -0.3 is 19.5 Å². The van der Waals surface area contributed by atoms with E-state index < -0.39 is 17.7 Å². The first kappa shape index (κ1) is 28.7. The fourth-order valence-electron chi connectivity index (χ4n) is 5.33. The van der Waals surface area contributed by atoms with Crippen molar-refractivity contribution in [2.45, 2.75) is 47.6 Å². The summed E-state index contributed by atoms with van der Waals surface area (Å²) in [6.07, 6.45) is 0. The molecule has 3 aromatic rings. The van der Waals surface area contributed by atoms with Crippen molar-refractivity contribution in [3.8, 4) is 11.5 Å². The van der Waals surface area contributed by atoms with Crippen LogP contribution in [0.1, 0.15) is 56.0 Å². The molecule has 1 unspecified atom stereocenters. The fourth-order valence-corrected chi connectivity index (χ4v) is 5.33. The number of hydrogen-bond donors (Lipinski definition) is 1. The lowest BCUT2D eigenvalue weighted by molar-refractivity contribution is -0.132. The number of amides is 1. The van der Waals surface area contributed by atoms with Gasteiger partial charge in [0, 0.05) is 30.5 Å². The third-order valence-electron chi connectivity index (χ3n) is 7.09. The highest BCUT2D eigenvalue weighted by molar-refractivity contribution is 6.51. The Labute approximate surface area is 236 Å². The summed E-state index contributed by atoms with van der Waals surface area (Å²) in [4.78, 5) is 31.0. The van der Waals surface area contributed by atoms with Gasteiger partial charge in [0.2, 0.25) is 0 Å². The van der Waals surface area contributed by atoms with Crippen molar-refractivity contribution in [1.29, 1.82) is 0 Å². The van der Waals surface area contributed by atoms with E-state index >= 15 is 0 Å². The Morgan fingerprint density at radius 1 is 0.850 bits per heavy atom. The number of anilines is 2. The first-order chi connectivity index (χ1) is 19.2. The summed E-state index contributed by atoms with van der Waals surface area (Å²) in [6, 6.07) is 17.9. The highest BCUT2D eigenvalue weighted by Gasteiger charge is 2.47. The lowest BCUT2D eigenvalue weighted by Gasteiger charge is -2.27. The van der Waals surface area contributed by atoms with Gasteiger partial charge in [-0.25, -0.2) is 0 Å². The maximum absolute atomic E-state index is 13.7. The number of carbonyl (C=O) groups excluding carboxylic acids is 2. The van der Waals surface area contributed by atoms with Crippen LogP contribution in [0.15, 0.2) is 66.2 Å². The summed E-state index contributed by atoms with van der Waals surface area (Å²) in [6.45, 7) is 14.4. The van der Waals surface area contributed by atoms with Gasteiger partial charge in [0.15, 0.2) is 0 Å². The number of hydrogen-bond acceptors (Lipinski definition) is 6. The number of Topliss-reactive ketones (excluding diaryl/α,β-unsaturated/α-hetero) is 1. The van der Waals surface area contributed by atoms with Crippen LogP contribution in [0.2, 0.25) is 0 Å². The third-order valence-corrected chi connectivity index (χ3v) is 7.09. The van der Waals surface area contributed by atoms with Crippen molar-refractivity contribution in [3.63, 3.8) is 0 Å². The van der Waals surface area contributed by atoms with Gasteiger partial charge in [-0.2, -0.15) is 0 Å². The molecule has 0 spiro atoms. The molecule has 0 bridgehead atoms. The maximum atomic E-state index is 13.7. The monoisotopic (exact) mass is 542 g/mol. The number of ketones is 1. The summed E-state index contributed by atoms with van der Waals surface area (Å²) in [5.74, 6) is -0.755. The van der Waals surface area contributed by atoms with E-state index in [1.165, 1.54) is 4.90 Å². The first-order valence-electron chi connectivity index (χ1n) is 13.9. The molecule has 1 heterocycles. The van der Waals surface area contributed by atoms with Crippen molar-refractivity contribution in [2.75, 3.05) is 36.1 Å². The molecule has 210 valence electrons. The molecule has 1 atom stereocenters. The molecule has 1 aliphatic rings. The second kappa shape index (κ2) is 12.3. The average molecular weight is 543 g/mol. The Kier molecular flexibility index (Phi) is 8.83. The Morgan fingerprint density at radius 3 is 2.05 bits per heavy atom. The van der Waals surface area contributed by atoms with Gasteiger partial charge in [-0.05, 0) is 94.6 Å². The van der Waals surface area contributed by atoms with Gasteiger partial charge >= 0.3 is 0 Å². The molecule has 7 heteroatoms. The normalized spacial score (nSPS) is 16.4. The molecule has 1 N–H and O–H groups in total. The van der Waals surface area contributed by atoms with Crippen LogP contribution < -0.4 is 19.3 Å². The molecule has 40 heavy (non-hydrogen) atoms. The molecule has 0 aliphatic carbocycles. The number of aryl methyl sites for hydroxylation is 2. The zero-order valence-corrected chi connectivity index (χ0v) is 24.2. The summed E-state index contributed by atoms with van der Waals surface area (Å²) in [5.41, 5.74) is 4.66. The zero-order chi connectivity index (χ0) is 29.0. The molecule has 1 saturated heterocycles. The standard InChI is InChI=1S/C33H38N2O5/c1-7-34(8-2)24-13-11-23(12-14-24)30-29(31(36)27-16-15-26(39-9-3)20-28(27)40-10-4)32(37)33(38)35(30)25-18-21(5)17-22(6)19-25/h11-20,30,36H,7-10H2,1-6H3/b31-29-. The predicted octanol–water partition coefficient (Wildman–Crippen LogP) is 6.57. The van der Waals surface area contributed by atoms with Crippen LogP contribution in [0, 0.1) is 13.8 Å². The van der Waals surface area contributed by atoms with E-state index in [2.05, 4.69) is 18.7 Å². The van der Waals surface area contributed by atoms with Gasteiger partial charge in [0.25, 0.3) is 11.7 Å². The van der Waals surface area contributed by atoms with Crippen molar-refractivity contribution < 1.29 is 24.2 Å². The topological polar surface area (TPSA) is 79.3 Å². The second-order valence-electron chi connectivity index (χ2n) is 9.80. The molecular formula is C33H38N2O5. The Hall–Kier alpha value is -4.26. The molecule has 7 nitrogen and oxygen atoms in total. The van der Waals surface area contributed by atoms with Crippen LogP contribution in [0.5, 0.6) is 11.5 Å². The molecule has 0 radical (unpaired) electrons. The van der Waals surface area contributed by atoms with Crippen LogP contribution in [0.3, 0.4) is 0 Å². The minimum atomic E-state index is -0.826. The van der Waals surface area contributed by atoms with Crippen molar-refractivity contribution >= 4 is 28.8 Å². The Morgan fingerprint density at radius 2 is 1.48 bits per heavy atom. The summed E-state index contributed by atoms with van der Waals surface area (Å²) in [7, 11) is 0. The van der Waals surface area contributed by atoms with E-state index in [0.29, 0.717) is 36.0 Å². The van der Waals surface area contributed by atoms with Crippen LogP contribution in [-0.2, 0) is 9.59 Å². The van der Waals surface area contributed by atoms with E-state index in [1.807, 2.05) is 70.2 Å². The summed E-state index contributed by atoms with van der Waals surface area (Å²) >= 11 is 0. The van der Waals surface area contributed by atoms with Gasteiger partial charge in [-0.3, -0.25) is 14.5 Å². The van der Waals surface area contributed by atoms with E-state index in [0.717, 1.165) is 35.5 Å². The van der Waals surface area contributed by atoms with E-state index in [1.54, 1.807) is 18.2 Å². The third kappa shape index (κ3) is 5.55. The SMILES string of the molecule is CCOc1ccc(/C(O)=C2/C(=O)C(=O)N(c3cc(C)cc(C)c3)C2c2ccc(N(CC)CC)cc2)c(OCC)c1. The van der Waals surface area contributed by atoms with Gasteiger partial charge in [0.1, 0.15) is 17.3 Å². The number of aliphatic hydroxyl groups excluding tert-OH is 1.